The molecule has 4 aliphatic rings. The molecule has 4 aliphatic heterocycles. The summed E-state index contributed by atoms with van der Waals surface area (Å²) in [5.41, 5.74) is 6.69. The fourth-order valence-corrected chi connectivity index (χ4v) is 6.77. The van der Waals surface area contributed by atoms with Gasteiger partial charge in [-0.1, -0.05) is 66.7 Å². The molecule has 2 unspecified atom stereocenters. The molecule has 4 heteroatoms. The van der Waals surface area contributed by atoms with E-state index in [9.17, 15) is 4.79 Å². The Morgan fingerprint density at radius 2 is 1.42 bits per heavy atom. The summed E-state index contributed by atoms with van der Waals surface area (Å²) in [5.74, 6) is 0.603. The molecule has 2 bridgehead atoms. The van der Waals surface area contributed by atoms with E-state index in [1.165, 1.54) is 35.2 Å². The van der Waals surface area contributed by atoms with E-state index in [-0.39, 0.29) is 6.03 Å². The quantitative estimate of drug-likeness (QED) is 0.407. The van der Waals surface area contributed by atoms with E-state index >= 15 is 0 Å². The number of benzene rings is 3. The van der Waals surface area contributed by atoms with Crippen LogP contribution in [0.3, 0.4) is 0 Å². The standard InChI is InChI=1S/C23H26N2O.C9H11N/c26-23(24-14-6-10-18-9-4-5-11-22(18)24)25-20-12-13-21(25)16-19(15-20)17-7-2-1-3-8-17;1-2-6-9-8(4-1)5-3-7-10-9/h1-5,7-9,11,19-21H,6,10,12-16H2;1-2,4,6,10H,3,5,7H2. The van der Waals surface area contributed by atoms with Crippen molar-refractivity contribution >= 4 is 17.4 Å². The van der Waals surface area contributed by atoms with E-state index in [1.807, 2.05) is 4.90 Å². The maximum Gasteiger partial charge on any atom is 0.324 e. The molecule has 4 heterocycles. The summed E-state index contributed by atoms with van der Waals surface area (Å²) in [7, 11) is 0. The van der Waals surface area contributed by atoms with E-state index in [1.54, 1.807) is 0 Å². The monoisotopic (exact) mass is 479 g/mol. The summed E-state index contributed by atoms with van der Waals surface area (Å²) in [5, 5.41) is 3.36. The first-order chi connectivity index (χ1) is 17.8. The van der Waals surface area contributed by atoms with Crippen LogP contribution in [0.5, 0.6) is 0 Å². The van der Waals surface area contributed by atoms with Crippen molar-refractivity contribution in [3.63, 3.8) is 0 Å². The van der Waals surface area contributed by atoms with Crippen LogP contribution in [0, 0.1) is 0 Å². The second kappa shape index (κ2) is 10.4. The maximum absolute atomic E-state index is 13.5. The van der Waals surface area contributed by atoms with Gasteiger partial charge < -0.3 is 10.2 Å². The lowest BCUT2D eigenvalue weighted by molar-refractivity contribution is 0.143. The summed E-state index contributed by atoms with van der Waals surface area (Å²) in [6, 6.07) is 28.9. The van der Waals surface area contributed by atoms with Gasteiger partial charge >= 0.3 is 6.03 Å². The van der Waals surface area contributed by atoms with Gasteiger partial charge in [0.2, 0.25) is 0 Å². The number of nitrogens with zero attached hydrogens (tertiary/aromatic N) is 2. The Morgan fingerprint density at radius 3 is 2.19 bits per heavy atom. The Kier molecular flexibility index (Phi) is 6.67. The summed E-state index contributed by atoms with van der Waals surface area (Å²) in [6.45, 7) is 1.99. The van der Waals surface area contributed by atoms with Crippen LogP contribution in [0.25, 0.3) is 0 Å². The molecule has 186 valence electrons. The molecule has 0 aliphatic carbocycles. The molecule has 2 atom stereocenters. The first-order valence-electron chi connectivity index (χ1n) is 13.8. The molecule has 0 saturated carbocycles. The summed E-state index contributed by atoms with van der Waals surface area (Å²) in [6.07, 6.45) is 9.22. The van der Waals surface area contributed by atoms with Gasteiger partial charge in [-0.05, 0) is 86.1 Å². The Hall–Kier alpha value is -3.27. The minimum Gasteiger partial charge on any atom is -0.385 e. The van der Waals surface area contributed by atoms with Crippen molar-refractivity contribution in [3.8, 4) is 0 Å². The molecule has 0 spiro atoms. The molecule has 2 fully saturated rings. The second-order valence-electron chi connectivity index (χ2n) is 10.7. The normalized spacial score (nSPS) is 24.1. The fourth-order valence-electron chi connectivity index (χ4n) is 6.77. The SMILES string of the molecule is O=C(N1CCCc2ccccc21)N1C2CCC1CC(c1ccccc1)C2.c1ccc2c(c1)CCCN2. The highest BCUT2D eigenvalue weighted by atomic mass is 16.2. The first-order valence-corrected chi connectivity index (χ1v) is 13.8. The van der Waals surface area contributed by atoms with Crippen LogP contribution >= 0.6 is 0 Å². The number of urea groups is 1. The molecule has 0 aromatic heterocycles. The van der Waals surface area contributed by atoms with Crippen molar-refractivity contribution in [1.29, 1.82) is 0 Å². The largest absolute Gasteiger partial charge is 0.385 e. The smallest absolute Gasteiger partial charge is 0.324 e. The summed E-state index contributed by atoms with van der Waals surface area (Å²) < 4.78 is 0. The molecule has 3 aromatic carbocycles. The predicted molar refractivity (Wildman–Crippen MR) is 148 cm³/mol. The number of fused-ring (bicyclic) bond motifs is 4. The van der Waals surface area contributed by atoms with Gasteiger partial charge in [0.1, 0.15) is 0 Å². The van der Waals surface area contributed by atoms with E-state index in [2.05, 4.69) is 89.1 Å². The highest BCUT2D eigenvalue weighted by Crippen LogP contribution is 2.44. The van der Waals surface area contributed by atoms with Crippen LogP contribution in [0.1, 0.15) is 61.1 Å². The number of carbonyl (C=O) groups is 1. The molecule has 2 saturated heterocycles. The van der Waals surface area contributed by atoms with Crippen molar-refractivity contribution in [2.45, 2.75) is 69.4 Å². The third kappa shape index (κ3) is 4.61. The van der Waals surface area contributed by atoms with E-state index < -0.39 is 0 Å². The second-order valence-corrected chi connectivity index (χ2v) is 10.7. The molecular weight excluding hydrogens is 442 g/mol. The highest BCUT2D eigenvalue weighted by molar-refractivity contribution is 5.94. The molecule has 7 rings (SSSR count). The van der Waals surface area contributed by atoms with E-state index in [0.29, 0.717) is 18.0 Å². The minimum atomic E-state index is 0.246. The number of aryl methyl sites for hydroxylation is 2. The molecule has 36 heavy (non-hydrogen) atoms. The zero-order chi connectivity index (χ0) is 24.3. The zero-order valence-corrected chi connectivity index (χ0v) is 21.1. The van der Waals surface area contributed by atoms with E-state index in [4.69, 9.17) is 0 Å². The summed E-state index contributed by atoms with van der Waals surface area (Å²) >= 11 is 0. The van der Waals surface area contributed by atoms with Gasteiger partial charge in [-0.2, -0.15) is 0 Å². The number of nitrogens with one attached hydrogen (secondary N) is 1. The zero-order valence-electron chi connectivity index (χ0n) is 21.1. The lowest BCUT2D eigenvalue weighted by atomic mass is 9.85. The van der Waals surface area contributed by atoms with Crippen LogP contribution in [0.2, 0.25) is 0 Å². The van der Waals surface area contributed by atoms with Crippen LogP contribution in [-0.2, 0) is 12.8 Å². The minimum absolute atomic E-state index is 0.246. The van der Waals surface area contributed by atoms with Gasteiger partial charge in [-0.3, -0.25) is 4.90 Å². The third-order valence-corrected chi connectivity index (χ3v) is 8.52. The number of rotatable bonds is 1. The number of amides is 2. The topological polar surface area (TPSA) is 35.6 Å². The van der Waals surface area contributed by atoms with Gasteiger partial charge in [0.05, 0.1) is 0 Å². The number of hydrogen-bond donors (Lipinski definition) is 1. The lowest BCUT2D eigenvalue weighted by Crippen LogP contribution is -2.53. The lowest BCUT2D eigenvalue weighted by Gasteiger charge is -2.42. The van der Waals surface area contributed by atoms with Crippen molar-refractivity contribution in [3.05, 3.63) is 95.6 Å². The number of hydrogen-bond acceptors (Lipinski definition) is 2. The number of para-hydroxylation sites is 2. The third-order valence-electron chi connectivity index (χ3n) is 8.52. The van der Waals surface area contributed by atoms with Gasteiger partial charge in [0, 0.05) is 36.5 Å². The van der Waals surface area contributed by atoms with Crippen LogP contribution in [0.15, 0.2) is 78.9 Å². The predicted octanol–water partition coefficient (Wildman–Crippen LogP) is 7.01. The van der Waals surface area contributed by atoms with Gasteiger partial charge in [0.15, 0.2) is 0 Å². The highest BCUT2D eigenvalue weighted by Gasteiger charge is 2.45. The molecule has 3 aromatic rings. The Morgan fingerprint density at radius 1 is 0.750 bits per heavy atom. The average molecular weight is 480 g/mol. The molecule has 1 N–H and O–H groups in total. The average Bonchev–Trinajstić information content (AvgIpc) is 3.22. The van der Waals surface area contributed by atoms with Crippen molar-refractivity contribution in [2.24, 2.45) is 0 Å². The Labute approximate surface area is 215 Å². The Balaban J connectivity index is 0.000000200. The first kappa shape index (κ1) is 23.1. The number of carbonyl (C=O) groups excluding carboxylic acids is 1. The van der Waals surface area contributed by atoms with Gasteiger partial charge in [-0.25, -0.2) is 4.79 Å². The molecule has 2 amide bonds. The molecule has 4 nitrogen and oxygen atoms in total. The van der Waals surface area contributed by atoms with Crippen molar-refractivity contribution in [1.82, 2.24) is 4.90 Å². The fraction of sp³-hybridized carbons (Fsp3) is 0.406. The van der Waals surface area contributed by atoms with Crippen molar-refractivity contribution in [2.75, 3.05) is 23.3 Å². The number of anilines is 2. The van der Waals surface area contributed by atoms with Crippen molar-refractivity contribution < 1.29 is 4.79 Å². The van der Waals surface area contributed by atoms with Crippen LogP contribution in [0.4, 0.5) is 16.2 Å². The molecule has 0 radical (unpaired) electrons. The van der Waals surface area contributed by atoms with E-state index in [0.717, 1.165) is 57.3 Å². The van der Waals surface area contributed by atoms with Gasteiger partial charge in [-0.15, -0.1) is 0 Å². The number of piperidine rings is 1. The maximum atomic E-state index is 13.5. The summed E-state index contributed by atoms with van der Waals surface area (Å²) in [4.78, 5) is 17.8. The van der Waals surface area contributed by atoms with Crippen LogP contribution in [-0.4, -0.2) is 36.1 Å². The Bertz CT molecular complexity index is 1150. The van der Waals surface area contributed by atoms with Gasteiger partial charge in [0.25, 0.3) is 0 Å². The van der Waals surface area contributed by atoms with Crippen LogP contribution < -0.4 is 10.2 Å². The molecular formula is C32H37N3O.